The number of nitrogens with zero attached hydrogens (tertiary/aromatic N) is 2. The Morgan fingerprint density at radius 3 is 2.45 bits per heavy atom. The molecule has 1 amide bonds. The number of aromatic nitrogens is 1. The summed E-state index contributed by atoms with van der Waals surface area (Å²) < 4.78 is 18.5. The lowest BCUT2D eigenvalue weighted by Gasteiger charge is -2.21. The van der Waals surface area contributed by atoms with Crippen LogP contribution in [0.25, 0.3) is 0 Å². The average Bonchev–Trinajstić information content (AvgIpc) is 2.65. The van der Waals surface area contributed by atoms with Gasteiger partial charge in [0, 0.05) is 24.3 Å². The van der Waals surface area contributed by atoms with Crippen molar-refractivity contribution >= 4 is 11.9 Å². The van der Waals surface area contributed by atoms with Gasteiger partial charge in [-0.05, 0) is 57.5 Å². The monoisotopic (exact) mass is 401 g/mol. The highest BCUT2D eigenvalue weighted by Gasteiger charge is 2.13. The Morgan fingerprint density at radius 1 is 1.14 bits per heavy atom. The Bertz CT molecular complexity index is 814. The molecule has 8 heteroatoms. The van der Waals surface area contributed by atoms with Crippen LogP contribution in [0.15, 0.2) is 47.6 Å². The van der Waals surface area contributed by atoms with Crippen molar-refractivity contribution in [2.24, 2.45) is 4.99 Å². The van der Waals surface area contributed by atoms with E-state index < -0.39 is 0 Å². The van der Waals surface area contributed by atoms with Crippen molar-refractivity contribution in [3.63, 3.8) is 0 Å². The molecule has 156 valence electrons. The third-order valence-corrected chi connectivity index (χ3v) is 3.53. The molecule has 0 bridgehead atoms. The van der Waals surface area contributed by atoms with Crippen LogP contribution >= 0.6 is 0 Å². The van der Waals surface area contributed by atoms with Gasteiger partial charge in [0.2, 0.25) is 11.8 Å². The molecule has 0 atom stereocenters. The normalized spacial score (nSPS) is 11.7. The second-order valence-corrected chi connectivity index (χ2v) is 7.41. The Hall–Kier alpha value is -3.16. The minimum atomic E-state index is -0.320. The number of carbonyl (C=O) groups is 1. The number of aliphatic imine (C=N–C) groups is 1. The number of hydrogen-bond acceptors (Lipinski definition) is 4. The van der Waals surface area contributed by atoms with Crippen LogP contribution in [0.4, 0.5) is 4.39 Å². The molecule has 29 heavy (non-hydrogen) atoms. The summed E-state index contributed by atoms with van der Waals surface area (Å²) >= 11 is 0. The fourth-order valence-electron chi connectivity index (χ4n) is 2.33. The maximum atomic E-state index is 12.9. The molecule has 0 saturated carbocycles. The van der Waals surface area contributed by atoms with E-state index in [0.29, 0.717) is 30.7 Å². The molecule has 0 radical (unpaired) electrons. The number of rotatable bonds is 7. The summed E-state index contributed by atoms with van der Waals surface area (Å²) in [6.07, 6.45) is 1.66. The average molecular weight is 401 g/mol. The molecule has 0 spiro atoms. The van der Waals surface area contributed by atoms with E-state index in [1.807, 2.05) is 33.8 Å². The molecule has 2 rings (SSSR count). The molecule has 1 aromatic carbocycles. The minimum Gasteiger partial charge on any atom is -0.439 e. The maximum Gasteiger partial charge on any atom is 0.239 e. The van der Waals surface area contributed by atoms with Crippen molar-refractivity contribution in [1.82, 2.24) is 20.9 Å². The summed E-state index contributed by atoms with van der Waals surface area (Å²) in [5.41, 5.74) is 0.602. The van der Waals surface area contributed by atoms with E-state index in [2.05, 4.69) is 25.9 Å². The lowest BCUT2D eigenvalue weighted by molar-refractivity contribution is -0.121. The minimum absolute atomic E-state index is 0.105. The molecular formula is C21H28FN5O2. The third-order valence-electron chi connectivity index (χ3n) is 3.53. The Kier molecular flexibility index (Phi) is 7.94. The fraction of sp³-hybridized carbons (Fsp3) is 0.381. The molecule has 7 nitrogen and oxygen atoms in total. The van der Waals surface area contributed by atoms with Crippen LogP contribution in [0.3, 0.4) is 0 Å². The van der Waals surface area contributed by atoms with E-state index in [-0.39, 0.29) is 23.8 Å². The maximum absolute atomic E-state index is 12.9. The molecule has 0 unspecified atom stereocenters. The lowest BCUT2D eigenvalue weighted by Crippen LogP contribution is -2.48. The second-order valence-electron chi connectivity index (χ2n) is 7.41. The van der Waals surface area contributed by atoms with Gasteiger partial charge in [0.1, 0.15) is 11.6 Å². The van der Waals surface area contributed by atoms with Crippen LogP contribution < -0.4 is 20.7 Å². The zero-order valence-corrected chi connectivity index (χ0v) is 17.3. The molecule has 0 aliphatic heterocycles. The van der Waals surface area contributed by atoms with Crippen molar-refractivity contribution in [3.8, 4) is 11.6 Å². The third kappa shape index (κ3) is 8.59. The second kappa shape index (κ2) is 10.4. The largest absolute Gasteiger partial charge is 0.439 e. The van der Waals surface area contributed by atoms with Crippen LogP contribution in [0.2, 0.25) is 0 Å². The van der Waals surface area contributed by atoms with Gasteiger partial charge in [-0.3, -0.25) is 4.79 Å². The summed E-state index contributed by atoms with van der Waals surface area (Å²) in [4.78, 5) is 20.7. The van der Waals surface area contributed by atoms with E-state index >= 15 is 0 Å². The predicted molar refractivity (Wildman–Crippen MR) is 111 cm³/mol. The summed E-state index contributed by atoms with van der Waals surface area (Å²) in [5, 5.41) is 9.01. The number of hydrogen-bond donors (Lipinski definition) is 3. The topological polar surface area (TPSA) is 87.6 Å². The van der Waals surface area contributed by atoms with E-state index in [1.54, 1.807) is 24.4 Å². The molecule has 2 aromatic rings. The first-order chi connectivity index (χ1) is 13.7. The van der Waals surface area contributed by atoms with Crippen molar-refractivity contribution in [3.05, 3.63) is 54.0 Å². The highest BCUT2D eigenvalue weighted by Crippen LogP contribution is 2.19. The lowest BCUT2D eigenvalue weighted by atomic mass is 10.1. The van der Waals surface area contributed by atoms with E-state index in [9.17, 15) is 9.18 Å². The predicted octanol–water partition coefficient (Wildman–Crippen LogP) is 2.98. The van der Waals surface area contributed by atoms with Gasteiger partial charge in [-0.2, -0.15) is 0 Å². The Labute approximate surface area is 170 Å². The SMILES string of the molecule is CCNC(=NCc1ccc(Oc2ccc(F)cc2)nc1)NCC(=O)NC(C)(C)C. The van der Waals surface area contributed by atoms with E-state index in [4.69, 9.17) is 4.74 Å². The zero-order chi connectivity index (χ0) is 21.3. The number of guanidine groups is 1. The smallest absolute Gasteiger partial charge is 0.239 e. The number of carbonyl (C=O) groups excluding carboxylic acids is 1. The highest BCUT2D eigenvalue weighted by molar-refractivity contribution is 5.86. The number of halogens is 1. The first kappa shape index (κ1) is 22.1. The molecule has 3 N–H and O–H groups in total. The first-order valence-electron chi connectivity index (χ1n) is 9.47. The number of nitrogens with one attached hydrogen (secondary N) is 3. The van der Waals surface area contributed by atoms with Crippen molar-refractivity contribution in [1.29, 1.82) is 0 Å². The molecule has 0 aliphatic rings. The van der Waals surface area contributed by atoms with E-state index in [1.165, 1.54) is 12.1 Å². The van der Waals surface area contributed by atoms with Crippen LogP contribution in [0.5, 0.6) is 11.6 Å². The number of pyridine rings is 1. The van der Waals surface area contributed by atoms with Crippen LogP contribution in [0, 0.1) is 5.82 Å². The van der Waals surface area contributed by atoms with Gasteiger partial charge < -0.3 is 20.7 Å². The van der Waals surface area contributed by atoms with Crippen LogP contribution in [0.1, 0.15) is 33.3 Å². The van der Waals surface area contributed by atoms with E-state index in [0.717, 1.165) is 5.56 Å². The molecule has 1 heterocycles. The molecule has 0 aliphatic carbocycles. The number of benzene rings is 1. The van der Waals surface area contributed by atoms with Gasteiger partial charge in [0.15, 0.2) is 5.96 Å². The molecular weight excluding hydrogens is 373 g/mol. The Balaban J connectivity index is 1.91. The summed E-state index contributed by atoms with van der Waals surface area (Å²) in [5.74, 6) is 1.04. The standard InChI is InChI=1S/C21H28FN5O2/c1-5-23-20(26-14-18(28)27-21(2,3)4)25-13-15-6-11-19(24-12-15)29-17-9-7-16(22)8-10-17/h6-12H,5,13-14H2,1-4H3,(H,27,28)(H2,23,25,26). The number of ether oxygens (including phenoxy) is 1. The van der Waals surface area contributed by atoms with Gasteiger partial charge in [0.25, 0.3) is 0 Å². The van der Waals surface area contributed by atoms with Crippen molar-refractivity contribution < 1.29 is 13.9 Å². The first-order valence-corrected chi connectivity index (χ1v) is 9.47. The van der Waals surface area contributed by atoms with Crippen LogP contribution in [-0.2, 0) is 11.3 Å². The van der Waals surface area contributed by atoms with Gasteiger partial charge in [0.05, 0.1) is 13.1 Å². The zero-order valence-electron chi connectivity index (χ0n) is 17.3. The summed E-state index contributed by atoms with van der Waals surface area (Å²) in [6.45, 7) is 8.94. The van der Waals surface area contributed by atoms with Gasteiger partial charge >= 0.3 is 0 Å². The van der Waals surface area contributed by atoms with Crippen molar-refractivity contribution in [2.45, 2.75) is 39.8 Å². The number of amides is 1. The summed E-state index contributed by atoms with van der Waals surface area (Å²) in [6, 6.07) is 9.32. The molecule has 0 saturated heterocycles. The van der Waals surface area contributed by atoms with Gasteiger partial charge in [-0.25, -0.2) is 14.4 Å². The fourth-order valence-corrected chi connectivity index (χ4v) is 2.33. The molecule has 0 fully saturated rings. The van der Waals surface area contributed by atoms with Crippen LogP contribution in [-0.4, -0.2) is 35.5 Å². The highest BCUT2D eigenvalue weighted by atomic mass is 19.1. The quantitative estimate of drug-likeness (QED) is 0.490. The Morgan fingerprint density at radius 2 is 1.86 bits per heavy atom. The van der Waals surface area contributed by atoms with Crippen molar-refractivity contribution in [2.75, 3.05) is 13.1 Å². The molecule has 1 aromatic heterocycles. The van der Waals surface area contributed by atoms with Gasteiger partial charge in [-0.15, -0.1) is 0 Å². The van der Waals surface area contributed by atoms with Gasteiger partial charge in [-0.1, -0.05) is 6.07 Å². The summed E-state index contributed by atoms with van der Waals surface area (Å²) in [7, 11) is 0.